The van der Waals surface area contributed by atoms with Gasteiger partial charge in [-0.1, -0.05) is 6.92 Å². The number of nitrogens with zero attached hydrogens (tertiary/aromatic N) is 3. The third-order valence-corrected chi connectivity index (χ3v) is 6.99. The van der Waals surface area contributed by atoms with Crippen LogP contribution in [0.25, 0.3) is 22.3 Å². The Hall–Kier alpha value is -3.43. The molecule has 0 saturated heterocycles. The Morgan fingerprint density at radius 3 is 2.82 bits per heavy atom. The lowest BCUT2D eigenvalue weighted by molar-refractivity contribution is -0.172. The maximum absolute atomic E-state index is 13.4. The summed E-state index contributed by atoms with van der Waals surface area (Å²) in [5, 5.41) is 15.5. The molecule has 0 spiro atoms. The van der Waals surface area contributed by atoms with E-state index in [1.165, 1.54) is 0 Å². The molecule has 5 heterocycles. The van der Waals surface area contributed by atoms with Crippen molar-refractivity contribution in [1.29, 1.82) is 0 Å². The minimum atomic E-state index is -1.83. The Kier molecular flexibility index (Phi) is 4.53. The van der Waals surface area contributed by atoms with E-state index >= 15 is 0 Å². The first-order chi connectivity index (χ1) is 16.3. The molecule has 0 unspecified atom stereocenters. The summed E-state index contributed by atoms with van der Waals surface area (Å²) in [5.41, 5.74) is 3.56. The Morgan fingerprint density at radius 1 is 1.24 bits per heavy atom. The van der Waals surface area contributed by atoms with Crippen LogP contribution in [0.5, 0.6) is 5.75 Å². The molecule has 176 valence electrons. The molecule has 0 saturated carbocycles. The summed E-state index contributed by atoms with van der Waals surface area (Å²) in [6.45, 7) is 3.92. The number of fused-ring (bicyclic) bond motifs is 7. The Bertz CT molecular complexity index is 1440. The number of carbonyl (C=O) groups is 1. The highest BCUT2D eigenvalue weighted by atomic mass is 16.6. The third-order valence-electron chi connectivity index (χ3n) is 6.99. The fraction of sp³-hybridized carbons (Fsp3) is 0.400. The van der Waals surface area contributed by atoms with Crippen LogP contribution in [0.1, 0.15) is 35.6 Å². The first-order valence-electron chi connectivity index (χ1n) is 11.5. The molecule has 3 aromatic rings. The van der Waals surface area contributed by atoms with Crippen molar-refractivity contribution in [1.82, 2.24) is 14.5 Å². The zero-order valence-electron chi connectivity index (χ0n) is 19.4. The van der Waals surface area contributed by atoms with Crippen LogP contribution in [-0.4, -0.2) is 52.8 Å². The zero-order chi connectivity index (χ0) is 23.8. The van der Waals surface area contributed by atoms with Crippen LogP contribution in [0, 0.1) is 0 Å². The lowest BCUT2D eigenvalue weighted by atomic mass is 9.86. The number of hydrogen-bond acceptors (Lipinski definition) is 8. The fourth-order valence-corrected chi connectivity index (χ4v) is 5.28. The van der Waals surface area contributed by atoms with E-state index in [0.717, 1.165) is 33.5 Å². The first-order valence-corrected chi connectivity index (χ1v) is 11.5. The molecule has 9 heteroatoms. The van der Waals surface area contributed by atoms with E-state index in [9.17, 15) is 14.7 Å². The Balaban J connectivity index is 1.61. The first kappa shape index (κ1) is 21.1. The van der Waals surface area contributed by atoms with Crippen molar-refractivity contribution >= 4 is 22.6 Å². The standard InChI is InChI=1S/C25H26N4O5/c1-4-25(32)17-9-18-21-13(11-29(18)23(30)16(17)12-34-24(25)31)7-15-20(27-21)14(10-28(2)3)8-19-22(15)26-5-6-33-19/h7-9,26,32H,4-6,10-12H2,1-3H3/t25-/m0/s1. The number of ether oxygens (including phenoxy) is 2. The largest absolute Gasteiger partial charge is 0.490 e. The lowest BCUT2D eigenvalue weighted by Gasteiger charge is -2.31. The van der Waals surface area contributed by atoms with E-state index in [1.807, 2.05) is 20.2 Å². The molecule has 2 N–H and O–H groups in total. The van der Waals surface area contributed by atoms with E-state index in [2.05, 4.69) is 16.3 Å². The van der Waals surface area contributed by atoms with Gasteiger partial charge in [-0.25, -0.2) is 9.78 Å². The number of nitrogens with one attached hydrogen (secondary N) is 1. The monoisotopic (exact) mass is 462 g/mol. The number of aromatic nitrogens is 2. The molecule has 9 nitrogen and oxygen atoms in total. The van der Waals surface area contributed by atoms with E-state index in [1.54, 1.807) is 17.6 Å². The Morgan fingerprint density at radius 2 is 2.06 bits per heavy atom. The number of anilines is 1. The topological polar surface area (TPSA) is 106 Å². The number of pyridine rings is 2. The highest BCUT2D eigenvalue weighted by Crippen LogP contribution is 2.42. The molecule has 0 fully saturated rings. The number of hydrogen-bond donors (Lipinski definition) is 2. The maximum Gasteiger partial charge on any atom is 0.343 e. The highest BCUT2D eigenvalue weighted by molar-refractivity contribution is 5.99. The van der Waals surface area contributed by atoms with Crippen molar-refractivity contribution in [2.45, 2.75) is 38.6 Å². The molecule has 34 heavy (non-hydrogen) atoms. The van der Waals surface area contributed by atoms with Gasteiger partial charge in [-0.15, -0.1) is 0 Å². The number of rotatable bonds is 3. The number of aliphatic hydroxyl groups is 1. The molecule has 6 rings (SSSR count). The van der Waals surface area contributed by atoms with Crippen molar-refractivity contribution < 1.29 is 19.4 Å². The smallest absolute Gasteiger partial charge is 0.343 e. The van der Waals surface area contributed by atoms with Gasteiger partial charge in [0.15, 0.2) is 5.60 Å². The number of carbonyl (C=O) groups excluding carboxylic acids is 1. The van der Waals surface area contributed by atoms with Crippen LogP contribution in [0.3, 0.4) is 0 Å². The van der Waals surface area contributed by atoms with Gasteiger partial charge < -0.3 is 29.4 Å². The summed E-state index contributed by atoms with van der Waals surface area (Å²) in [6, 6.07) is 5.86. The van der Waals surface area contributed by atoms with Gasteiger partial charge in [0.1, 0.15) is 19.0 Å². The third kappa shape index (κ3) is 2.83. The number of cyclic esters (lactones) is 1. The normalized spacial score (nSPS) is 20.2. The second-order valence-corrected chi connectivity index (χ2v) is 9.42. The second kappa shape index (κ2) is 7.28. The predicted octanol–water partition coefficient (Wildman–Crippen LogP) is 1.95. The van der Waals surface area contributed by atoms with Crippen molar-refractivity contribution in [3.05, 3.63) is 50.8 Å². The molecule has 3 aliphatic rings. The molecule has 3 aliphatic heterocycles. The van der Waals surface area contributed by atoms with Crippen LogP contribution in [0.15, 0.2) is 23.0 Å². The summed E-state index contributed by atoms with van der Waals surface area (Å²) in [4.78, 5) is 33.0. The van der Waals surface area contributed by atoms with Crippen molar-refractivity contribution in [3.8, 4) is 17.1 Å². The van der Waals surface area contributed by atoms with E-state index in [-0.39, 0.29) is 18.6 Å². The van der Waals surface area contributed by atoms with Gasteiger partial charge in [-0.05, 0) is 44.3 Å². The van der Waals surface area contributed by atoms with Crippen LogP contribution >= 0.6 is 0 Å². The molecule has 0 aliphatic carbocycles. The van der Waals surface area contributed by atoms with Gasteiger partial charge in [0.2, 0.25) is 0 Å². The summed E-state index contributed by atoms with van der Waals surface area (Å²) < 4.78 is 12.8. The van der Waals surface area contributed by atoms with Crippen LogP contribution in [0.2, 0.25) is 0 Å². The second-order valence-electron chi connectivity index (χ2n) is 9.42. The van der Waals surface area contributed by atoms with Gasteiger partial charge in [0.25, 0.3) is 5.56 Å². The van der Waals surface area contributed by atoms with Crippen molar-refractivity contribution in [2.24, 2.45) is 0 Å². The minimum Gasteiger partial charge on any atom is -0.490 e. The molecular weight excluding hydrogens is 436 g/mol. The number of benzene rings is 1. The fourth-order valence-electron chi connectivity index (χ4n) is 5.28. The van der Waals surface area contributed by atoms with Crippen LogP contribution < -0.4 is 15.6 Å². The maximum atomic E-state index is 13.4. The molecule has 0 radical (unpaired) electrons. The van der Waals surface area contributed by atoms with Gasteiger partial charge in [0.05, 0.1) is 34.7 Å². The van der Waals surface area contributed by atoms with Crippen LogP contribution in [-0.2, 0) is 34.8 Å². The average Bonchev–Trinajstić information content (AvgIpc) is 3.18. The molecule has 1 atom stereocenters. The molecule has 1 aromatic carbocycles. The zero-order valence-corrected chi connectivity index (χ0v) is 19.4. The van der Waals surface area contributed by atoms with E-state index in [4.69, 9.17) is 14.5 Å². The SMILES string of the molecule is CC[C@@]1(O)C(=O)OCc2c1cc1n(c2=O)Cc2cc3c4c(cc(CN(C)C)c3nc2-1)OCCN4. The van der Waals surface area contributed by atoms with Crippen LogP contribution in [0.4, 0.5) is 5.69 Å². The summed E-state index contributed by atoms with van der Waals surface area (Å²) >= 11 is 0. The highest BCUT2D eigenvalue weighted by Gasteiger charge is 2.45. The molecule has 2 aromatic heterocycles. The van der Waals surface area contributed by atoms with Gasteiger partial charge in [-0.3, -0.25) is 4.79 Å². The Labute approximate surface area is 195 Å². The minimum absolute atomic E-state index is 0.116. The molecule has 0 amide bonds. The van der Waals surface area contributed by atoms with Gasteiger partial charge in [0, 0.05) is 29.6 Å². The quantitative estimate of drug-likeness (QED) is 0.445. The van der Waals surface area contributed by atoms with E-state index in [0.29, 0.717) is 48.8 Å². The summed E-state index contributed by atoms with van der Waals surface area (Å²) in [5.74, 6) is 0.0895. The van der Waals surface area contributed by atoms with Gasteiger partial charge >= 0.3 is 5.97 Å². The van der Waals surface area contributed by atoms with Gasteiger partial charge in [-0.2, -0.15) is 0 Å². The van der Waals surface area contributed by atoms with E-state index < -0.39 is 11.6 Å². The summed E-state index contributed by atoms with van der Waals surface area (Å²) in [7, 11) is 4.01. The lowest BCUT2D eigenvalue weighted by Crippen LogP contribution is -2.44. The molecule has 0 bridgehead atoms. The molecular formula is C25H26N4O5. The predicted molar refractivity (Wildman–Crippen MR) is 126 cm³/mol. The van der Waals surface area contributed by atoms with Crippen molar-refractivity contribution in [3.63, 3.8) is 0 Å². The average molecular weight is 463 g/mol. The number of esters is 1. The van der Waals surface area contributed by atoms with Crippen molar-refractivity contribution in [2.75, 3.05) is 32.6 Å². The summed E-state index contributed by atoms with van der Waals surface area (Å²) in [6.07, 6.45) is 0.116.